The maximum absolute atomic E-state index is 12.6. The molecule has 2 aromatic heterocycles. The Bertz CT molecular complexity index is 890. The molecule has 3 heterocycles. The summed E-state index contributed by atoms with van der Waals surface area (Å²) in [5.41, 5.74) is 2.29. The van der Waals surface area contributed by atoms with Gasteiger partial charge in [-0.15, -0.1) is 0 Å². The number of sulfonamides is 1. The highest BCUT2D eigenvalue weighted by molar-refractivity contribution is 7.88. The minimum atomic E-state index is -3.41. The number of hydrogen-bond donors (Lipinski definition) is 1. The first kappa shape index (κ1) is 20.3. The van der Waals surface area contributed by atoms with Gasteiger partial charge in [0.1, 0.15) is 12.0 Å². The predicted molar refractivity (Wildman–Crippen MR) is 106 cm³/mol. The van der Waals surface area contributed by atoms with Gasteiger partial charge in [-0.2, -0.15) is 4.31 Å². The first-order valence-electron chi connectivity index (χ1n) is 9.31. The van der Waals surface area contributed by atoms with Crippen molar-refractivity contribution in [2.45, 2.75) is 26.1 Å². The minimum Gasteiger partial charge on any atom is -0.364 e. The SMILES string of the molecule is CCNC(=NCc1cccc(C)n1)N1CCN(S(=O)(=O)Cc2ccon2)CC1. The van der Waals surface area contributed by atoms with Crippen LogP contribution in [-0.4, -0.2) is 66.4 Å². The molecule has 1 saturated heterocycles. The third kappa shape index (κ3) is 5.29. The Morgan fingerprint density at radius 1 is 1.21 bits per heavy atom. The monoisotopic (exact) mass is 406 g/mol. The van der Waals surface area contributed by atoms with E-state index in [-0.39, 0.29) is 5.75 Å². The van der Waals surface area contributed by atoms with Gasteiger partial charge in [-0.25, -0.2) is 13.4 Å². The van der Waals surface area contributed by atoms with E-state index in [1.807, 2.05) is 32.0 Å². The molecular formula is C18H26N6O3S. The lowest BCUT2D eigenvalue weighted by molar-refractivity contribution is 0.259. The van der Waals surface area contributed by atoms with Crippen molar-refractivity contribution in [3.63, 3.8) is 0 Å². The van der Waals surface area contributed by atoms with Crippen LogP contribution in [0.1, 0.15) is 24.0 Å². The molecule has 0 bridgehead atoms. The molecule has 0 saturated carbocycles. The average molecular weight is 407 g/mol. The highest BCUT2D eigenvalue weighted by Crippen LogP contribution is 2.13. The van der Waals surface area contributed by atoms with E-state index >= 15 is 0 Å². The Balaban J connectivity index is 1.61. The quantitative estimate of drug-likeness (QED) is 0.563. The molecule has 0 atom stereocenters. The summed E-state index contributed by atoms with van der Waals surface area (Å²) in [6.07, 6.45) is 1.38. The van der Waals surface area contributed by atoms with Gasteiger partial charge in [-0.3, -0.25) is 4.98 Å². The van der Waals surface area contributed by atoms with Gasteiger partial charge in [-0.1, -0.05) is 11.2 Å². The Hall–Kier alpha value is -2.46. The lowest BCUT2D eigenvalue weighted by Crippen LogP contribution is -2.53. The fraction of sp³-hybridized carbons (Fsp3) is 0.500. The maximum atomic E-state index is 12.6. The van der Waals surface area contributed by atoms with Crippen molar-refractivity contribution in [2.75, 3.05) is 32.7 Å². The van der Waals surface area contributed by atoms with E-state index in [1.165, 1.54) is 10.6 Å². The van der Waals surface area contributed by atoms with Crippen molar-refractivity contribution < 1.29 is 12.9 Å². The van der Waals surface area contributed by atoms with E-state index in [4.69, 9.17) is 4.52 Å². The molecule has 1 aliphatic rings. The molecule has 152 valence electrons. The summed E-state index contributed by atoms with van der Waals surface area (Å²) in [4.78, 5) is 11.2. The molecule has 3 rings (SSSR count). The highest BCUT2D eigenvalue weighted by Gasteiger charge is 2.28. The molecule has 0 spiro atoms. The summed E-state index contributed by atoms with van der Waals surface area (Å²) >= 11 is 0. The van der Waals surface area contributed by atoms with Crippen molar-refractivity contribution in [1.29, 1.82) is 0 Å². The first-order chi connectivity index (χ1) is 13.5. The number of piperazine rings is 1. The van der Waals surface area contributed by atoms with Crippen LogP contribution in [0.4, 0.5) is 0 Å². The van der Waals surface area contributed by atoms with Gasteiger partial charge in [0.2, 0.25) is 10.0 Å². The number of pyridine rings is 1. The third-order valence-electron chi connectivity index (χ3n) is 4.42. The van der Waals surface area contributed by atoms with E-state index in [9.17, 15) is 8.42 Å². The molecule has 0 radical (unpaired) electrons. The zero-order chi connectivity index (χ0) is 20.0. The van der Waals surface area contributed by atoms with Crippen LogP contribution in [0.15, 0.2) is 40.0 Å². The van der Waals surface area contributed by atoms with Gasteiger partial charge < -0.3 is 14.7 Å². The smallest absolute Gasteiger partial charge is 0.220 e. The largest absolute Gasteiger partial charge is 0.364 e. The second kappa shape index (κ2) is 9.16. The van der Waals surface area contributed by atoms with Crippen molar-refractivity contribution in [3.8, 4) is 0 Å². The van der Waals surface area contributed by atoms with Crippen LogP contribution >= 0.6 is 0 Å². The van der Waals surface area contributed by atoms with Gasteiger partial charge in [0, 0.05) is 44.5 Å². The molecular weight excluding hydrogens is 380 g/mol. The zero-order valence-corrected chi connectivity index (χ0v) is 17.0. The van der Waals surface area contributed by atoms with Crippen molar-refractivity contribution in [2.24, 2.45) is 4.99 Å². The Morgan fingerprint density at radius 3 is 2.64 bits per heavy atom. The lowest BCUT2D eigenvalue weighted by atomic mass is 10.3. The maximum Gasteiger partial charge on any atom is 0.220 e. The van der Waals surface area contributed by atoms with Crippen LogP contribution in [0.3, 0.4) is 0 Å². The van der Waals surface area contributed by atoms with Crippen molar-refractivity contribution >= 4 is 16.0 Å². The number of hydrogen-bond acceptors (Lipinski definition) is 6. The number of nitrogens with zero attached hydrogens (tertiary/aromatic N) is 5. The highest BCUT2D eigenvalue weighted by atomic mass is 32.2. The van der Waals surface area contributed by atoms with Crippen LogP contribution in [0, 0.1) is 6.92 Å². The van der Waals surface area contributed by atoms with E-state index in [1.54, 1.807) is 6.07 Å². The number of rotatable bonds is 6. The molecule has 1 aliphatic heterocycles. The van der Waals surface area contributed by atoms with Crippen molar-refractivity contribution in [1.82, 2.24) is 24.7 Å². The van der Waals surface area contributed by atoms with Crippen LogP contribution in [0.5, 0.6) is 0 Å². The number of aliphatic imine (C=N–C) groups is 1. The number of aryl methyl sites for hydroxylation is 1. The Labute approximate surface area is 165 Å². The standard InChI is InChI=1S/C18H26N6O3S/c1-3-19-18(20-13-16-6-4-5-15(2)21-16)23-8-10-24(11-9-23)28(25,26)14-17-7-12-27-22-17/h4-7,12H,3,8-11,13-14H2,1-2H3,(H,19,20). The minimum absolute atomic E-state index is 0.142. The summed E-state index contributed by atoms with van der Waals surface area (Å²) < 4.78 is 31.4. The van der Waals surface area contributed by atoms with Crippen LogP contribution in [0.25, 0.3) is 0 Å². The Kier molecular flexibility index (Phi) is 6.63. The second-order valence-electron chi connectivity index (χ2n) is 6.57. The number of nitrogens with one attached hydrogen (secondary N) is 1. The summed E-state index contributed by atoms with van der Waals surface area (Å²) in [5.74, 6) is 0.635. The van der Waals surface area contributed by atoms with Crippen LogP contribution in [0.2, 0.25) is 0 Å². The van der Waals surface area contributed by atoms with Crippen LogP contribution in [-0.2, 0) is 22.3 Å². The zero-order valence-electron chi connectivity index (χ0n) is 16.2. The van der Waals surface area contributed by atoms with Gasteiger partial charge >= 0.3 is 0 Å². The average Bonchev–Trinajstić information content (AvgIpc) is 3.17. The van der Waals surface area contributed by atoms with Gasteiger partial charge in [-0.05, 0) is 26.0 Å². The van der Waals surface area contributed by atoms with Gasteiger partial charge in [0.25, 0.3) is 0 Å². The molecule has 0 aliphatic carbocycles. The van der Waals surface area contributed by atoms with Gasteiger partial charge in [0.15, 0.2) is 5.96 Å². The normalized spacial score (nSPS) is 16.4. The molecule has 10 heteroatoms. The molecule has 1 fully saturated rings. The van der Waals surface area contributed by atoms with E-state index < -0.39 is 10.0 Å². The molecule has 0 amide bonds. The van der Waals surface area contributed by atoms with Gasteiger partial charge in [0.05, 0.1) is 17.9 Å². The van der Waals surface area contributed by atoms with Crippen molar-refractivity contribution in [3.05, 3.63) is 47.6 Å². The molecule has 0 unspecified atom stereocenters. The summed E-state index contributed by atoms with van der Waals surface area (Å²) in [6.45, 7) is 7.16. The van der Waals surface area contributed by atoms with E-state index in [2.05, 4.69) is 25.3 Å². The molecule has 28 heavy (non-hydrogen) atoms. The fourth-order valence-corrected chi connectivity index (χ4v) is 4.46. The molecule has 9 nitrogen and oxygen atoms in total. The summed E-state index contributed by atoms with van der Waals surface area (Å²) in [7, 11) is -3.41. The molecule has 2 aromatic rings. The number of aromatic nitrogens is 2. The predicted octanol–water partition coefficient (Wildman–Crippen LogP) is 0.991. The molecule has 1 N–H and O–H groups in total. The summed E-state index contributed by atoms with van der Waals surface area (Å²) in [6, 6.07) is 7.45. The van der Waals surface area contributed by atoms with E-state index in [0.717, 1.165) is 23.9 Å². The fourth-order valence-electron chi connectivity index (χ4n) is 3.04. The number of guanidine groups is 1. The lowest BCUT2D eigenvalue weighted by Gasteiger charge is -2.35. The second-order valence-corrected chi connectivity index (χ2v) is 8.54. The summed E-state index contributed by atoms with van der Waals surface area (Å²) in [5, 5.41) is 6.98. The molecule has 0 aromatic carbocycles. The van der Waals surface area contributed by atoms with Crippen LogP contribution < -0.4 is 5.32 Å². The topological polar surface area (TPSA) is 104 Å². The van der Waals surface area contributed by atoms with E-state index in [0.29, 0.717) is 38.4 Å². The Morgan fingerprint density at radius 2 is 2.00 bits per heavy atom. The third-order valence-corrected chi connectivity index (χ3v) is 6.24. The first-order valence-corrected chi connectivity index (χ1v) is 10.9.